The number of nitrogens with zero attached hydrogens (tertiary/aromatic N) is 6. The summed E-state index contributed by atoms with van der Waals surface area (Å²) in [5.74, 6) is -3.97. The lowest BCUT2D eigenvalue weighted by atomic mass is 9.93. The zero-order chi connectivity index (χ0) is 31.6. The predicted octanol–water partition coefficient (Wildman–Crippen LogP) is 3.13. The second-order valence-corrected chi connectivity index (χ2v) is 11.7. The van der Waals surface area contributed by atoms with Gasteiger partial charge >= 0.3 is 5.92 Å². The molecule has 6 rings (SSSR count). The first-order valence-corrected chi connectivity index (χ1v) is 15.0. The van der Waals surface area contributed by atoms with E-state index in [2.05, 4.69) is 37.2 Å². The average Bonchev–Trinajstić information content (AvgIpc) is 3.02. The van der Waals surface area contributed by atoms with Crippen LogP contribution in [0.15, 0.2) is 54.7 Å². The van der Waals surface area contributed by atoms with Crippen LogP contribution < -0.4 is 15.0 Å². The summed E-state index contributed by atoms with van der Waals surface area (Å²) < 4.78 is 41.0. The molecule has 11 nitrogen and oxygen atoms in total. The SMILES string of the molecule is C[C@H]1CN(C(=O)CO)CC(F)(F)[C@H]1Oc1ccc(-c2nccc(Nc3ccc(N4CCN(C5COC5)CC4)cc3)n2)cc1C#N. The summed E-state index contributed by atoms with van der Waals surface area (Å²) in [6.45, 7) is 5.50. The first-order valence-electron chi connectivity index (χ1n) is 15.0. The normalized spacial score (nSPS) is 21.9. The monoisotopic (exact) mass is 619 g/mol. The van der Waals surface area contributed by atoms with Crippen molar-refractivity contribution >= 4 is 23.1 Å². The molecule has 3 aliphatic heterocycles. The van der Waals surface area contributed by atoms with Crippen molar-refractivity contribution < 1.29 is 28.2 Å². The van der Waals surface area contributed by atoms with Gasteiger partial charge in [0.1, 0.15) is 24.2 Å². The average molecular weight is 620 g/mol. The molecular weight excluding hydrogens is 584 g/mol. The number of likely N-dealkylation sites (tertiary alicyclic amines) is 1. The smallest absolute Gasteiger partial charge is 0.301 e. The number of amides is 1. The largest absolute Gasteiger partial charge is 0.482 e. The van der Waals surface area contributed by atoms with Crippen LogP contribution in [-0.4, -0.2) is 108 Å². The zero-order valence-electron chi connectivity index (χ0n) is 24.9. The fraction of sp³-hybridized carbons (Fsp3) is 0.438. The number of piperidine rings is 1. The number of alkyl halides is 2. The van der Waals surface area contributed by atoms with Crippen LogP contribution in [0.5, 0.6) is 5.75 Å². The van der Waals surface area contributed by atoms with Crippen molar-refractivity contribution in [1.29, 1.82) is 5.26 Å². The highest BCUT2D eigenvalue weighted by molar-refractivity contribution is 5.77. The number of piperazine rings is 1. The van der Waals surface area contributed by atoms with E-state index in [1.54, 1.807) is 25.3 Å². The molecule has 0 spiro atoms. The summed E-state index contributed by atoms with van der Waals surface area (Å²) >= 11 is 0. The molecule has 3 saturated heterocycles. The Bertz CT molecular complexity index is 1560. The Balaban J connectivity index is 1.11. The van der Waals surface area contributed by atoms with E-state index in [1.165, 1.54) is 12.1 Å². The third-order valence-electron chi connectivity index (χ3n) is 8.55. The number of anilines is 3. The van der Waals surface area contributed by atoms with E-state index in [1.807, 2.05) is 18.2 Å². The Labute approximate surface area is 260 Å². The second kappa shape index (κ2) is 12.9. The first-order chi connectivity index (χ1) is 21.7. The molecule has 4 heterocycles. The molecule has 1 amide bonds. The van der Waals surface area contributed by atoms with Crippen LogP contribution >= 0.6 is 0 Å². The van der Waals surface area contributed by atoms with Crippen molar-refractivity contribution in [2.45, 2.75) is 25.0 Å². The molecule has 2 atom stereocenters. The maximum atomic E-state index is 15.0. The fourth-order valence-corrected chi connectivity index (χ4v) is 6.01. The molecule has 0 bridgehead atoms. The number of ether oxygens (including phenoxy) is 2. The quantitative estimate of drug-likeness (QED) is 0.388. The predicted molar refractivity (Wildman–Crippen MR) is 162 cm³/mol. The van der Waals surface area contributed by atoms with Crippen LogP contribution in [0.2, 0.25) is 0 Å². The van der Waals surface area contributed by atoms with Crippen molar-refractivity contribution in [3.05, 3.63) is 60.3 Å². The highest BCUT2D eigenvalue weighted by Gasteiger charge is 2.51. The van der Waals surface area contributed by atoms with Gasteiger partial charge in [-0.1, -0.05) is 6.92 Å². The van der Waals surface area contributed by atoms with E-state index in [4.69, 9.17) is 14.6 Å². The van der Waals surface area contributed by atoms with Gasteiger partial charge in [0.25, 0.3) is 0 Å². The van der Waals surface area contributed by atoms with Gasteiger partial charge in [0.05, 0.1) is 31.4 Å². The number of halogens is 2. The summed E-state index contributed by atoms with van der Waals surface area (Å²) in [5.41, 5.74) is 2.60. The number of benzene rings is 2. The van der Waals surface area contributed by atoms with E-state index in [0.29, 0.717) is 23.2 Å². The fourth-order valence-electron chi connectivity index (χ4n) is 6.01. The third-order valence-corrected chi connectivity index (χ3v) is 8.55. The number of nitrogens with one attached hydrogen (secondary N) is 1. The van der Waals surface area contributed by atoms with Crippen molar-refractivity contribution in [2.75, 3.05) is 69.3 Å². The van der Waals surface area contributed by atoms with Gasteiger partial charge in [0.2, 0.25) is 5.91 Å². The Morgan fingerprint density at radius 1 is 1.16 bits per heavy atom. The second-order valence-electron chi connectivity index (χ2n) is 11.7. The van der Waals surface area contributed by atoms with Crippen molar-refractivity contribution in [1.82, 2.24) is 19.8 Å². The van der Waals surface area contributed by atoms with E-state index in [9.17, 15) is 10.1 Å². The number of aromatic nitrogens is 2. The van der Waals surface area contributed by atoms with Crippen LogP contribution in [0.3, 0.4) is 0 Å². The molecule has 1 aromatic heterocycles. The number of aliphatic hydroxyl groups is 1. The lowest BCUT2D eigenvalue weighted by molar-refractivity contribution is -0.174. The zero-order valence-corrected chi connectivity index (χ0v) is 24.9. The molecule has 236 valence electrons. The van der Waals surface area contributed by atoms with Gasteiger partial charge in [-0.2, -0.15) is 5.26 Å². The molecule has 0 aliphatic carbocycles. The van der Waals surface area contributed by atoms with E-state index < -0.39 is 37.0 Å². The molecule has 13 heteroatoms. The van der Waals surface area contributed by atoms with E-state index >= 15 is 8.78 Å². The van der Waals surface area contributed by atoms with Crippen LogP contribution in [0.4, 0.5) is 26.0 Å². The molecule has 3 fully saturated rings. The highest BCUT2D eigenvalue weighted by atomic mass is 19.3. The Morgan fingerprint density at radius 2 is 1.91 bits per heavy atom. The lowest BCUT2D eigenvalue weighted by Crippen LogP contribution is -2.59. The van der Waals surface area contributed by atoms with Gasteiger partial charge < -0.3 is 29.7 Å². The van der Waals surface area contributed by atoms with Gasteiger partial charge in [0, 0.05) is 61.8 Å². The molecule has 2 N–H and O–H groups in total. The number of nitriles is 1. The summed E-state index contributed by atoms with van der Waals surface area (Å²) in [5, 5.41) is 22.2. The van der Waals surface area contributed by atoms with E-state index in [-0.39, 0.29) is 17.9 Å². The van der Waals surface area contributed by atoms with Gasteiger partial charge in [-0.25, -0.2) is 18.7 Å². The molecule has 45 heavy (non-hydrogen) atoms. The molecule has 3 aliphatic rings. The van der Waals surface area contributed by atoms with Crippen molar-refractivity contribution in [3.8, 4) is 23.2 Å². The standard InChI is InChI=1S/C32H35F2N7O4/c1-21-16-41(29(43)17-42)20-32(33,34)30(21)45-27-7-2-22(14-23(27)15-35)31-36-9-8-28(38-31)37-24-3-5-25(6-4-24)39-10-12-40(13-11-39)26-18-44-19-26/h2-9,14,21,26,30,42H,10-13,16-20H2,1H3,(H,36,37,38)/t21-,30-/m0/s1. The number of hydrogen-bond acceptors (Lipinski definition) is 10. The molecule has 3 aromatic rings. The van der Waals surface area contributed by atoms with Crippen LogP contribution in [0.1, 0.15) is 12.5 Å². The molecule has 0 radical (unpaired) electrons. The molecule has 0 unspecified atom stereocenters. The molecule has 0 saturated carbocycles. The number of rotatable bonds is 8. The number of carbonyl (C=O) groups excluding carboxylic acids is 1. The summed E-state index contributed by atoms with van der Waals surface area (Å²) in [6, 6.07) is 17.1. The topological polar surface area (TPSA) is 127 Å². The summed E-state index contributed by atoms with van der Waals surface area (Å²) in [7, 11) is 0. The van der Waals surface area contributed by atoms with Gasteiger partial charge in [0.15, 0.2) is 11.9 Å². The Morgan fingerprint density at radius 3 is 2.56 bits per heavy atom. The maximum Gasteiger partial charge on any atom is 0.301 e. The third kappa shape index (κ3) is 6.68. The lowest BCUT2D eigenvalue weighted by Gasteiger charge is -2.43. The molecular formula is C32H35F2N7O4. The minimum atomic E-state index is -3.38. The number of aliphatic hydroxyl groups excluding tert-OH is 1. The van der Waals surface area contributed by atoms with Crippen LogP contribution in [0.25, 0.3) is 11.4 Å². The number of carbonyl (C=O) groups is 1. The van der Waals surface area contributed by atoms with Gasteiger partial charge in [-0.15, -0.1) is 0 Å². The Hall–Kier alpha value is -4.38. The minimum Gasteiger partial charge on any atom is -0.482 e. The number of hydrogen-bond donors (Lipinski definition) is 2. The van der Waals surface area contributed by atoms with Crippen molar-refractivity contribution in [2.24, 2.45) is 5.92 Å². The van der Waals surface area contributed by atoms with Crippen molar-refractivity contribution in [3.63, 3.8) is 0 Å². The Kier molecular flexibility index (Phi) is 8.80. The molecule has 2 aromatic carbocycles. The van der Waals surface area contributed by atoms with Gasteiger partial charge in [-0.05, 0) is 48.5 Å². The van der Waals surface area contributed by atoms with E-state index in [0.717, 1.165) is 55.7 Å². The first kappa shape index (κ1) is 30.6. The maximum absolute atomic E-state index is 15.0. The summed E-state index contributed by atoms with van der Waals surface area (Å²) in [4.78, 5) is 26.6. The highest BCUT2D eigenvalue weighted by Crippen LogP contribution is 2.36. The minimum absolute atomic E-state index is 0.00352. The van der Waals surface area contributed by atoms with Gasteiger partial charge in [-0.3, -0.25) is 9.69 Å². The summed E-state index contributed by atoms with van der Waals surface area (Å²) in [6.07, 6.45) is 0.0478. The van der Waals surface area contributed by atoms with Crippen LogP contribution in [-0.2, 0) is 9.53 Å². The van der Waals surface area contributed by atoms with Crippen LogP contribution in [0, 0.1) is 17.2 Å².